The summed E-state index contributed by atoms with van der Waals surface area (Å²) in [4.78, 5) is 1.23. The lowest BCUT2D eigenvalue weighted by Gasteiger charge is -2.16. The van der Waals surface area contributed by atoms with Gasteiger partial charge in [0, 0.05) is 22.1 Å². The molecule has 0 aliphatic carbocycles. The van der Waals surface area contributed by atoms with Crippen LogP contribution in [0.1, 0.15) is 11.4 Å². The van der Waals surface area contributed by atoms with Crippen molar-refractivity contribution in [1.82, 2.24) is 4.98 Å². The third-order valence-corrected chi connectivity index (χ3v) is 3.78. The molecule has 0 saturated carbocycles. The summed E-state index contributed by atoms with van der Waals surface area (Å²) in [6, 6.07) is 0.0300. The van der Waals surface area contributed by atoms with Crippen molar-refractivity contribution >= 4 is 35.7 Å². The van der Waals surface area contributed by atoms with E-state index in [9.17, 15) is 34.8 Å². The molecule has 1 aromatic rings. The van der Waals surface area contributed by atoms with E-state index >= 15 is 0 Å². The van der Waals surface area contributed by atoms with Crippen LogP contribution in [0.2, 0.25) is 0 Å². The highest BCUT2D eigenvalue weighted by molar-refractivity contribution is 9.08. The number of aromatic nitrogens is 1. The average Bonchev–Trinajstić information content (AvgIpc) is 2.23. The summed E-state index contributed by atoms with van der Waals surface area (Å²) in [7, 11) is -0.200. The summed E-state index contributed by atoms with van der Waals surface area (Å²) >= 11 is 2.63. The van der Waals surface area contributed by atoms with Gasteiger partial charge in [-0.1, -0.05) is 15.9 Å². The van der Waals surface area contributed by atoms with Crippen molar-refractivity contribution in [2.45, 2.75) is 22.8 Å². The Bertz CT molecular complexity index is 645. The molecular formula is C8H3BrClF6NO3S. The first-order valence-corrected chi connectivity index (χ1v) is 8.06. The van der Waals surface area contributed by atoms with Crippen molar-refractivity contribution in [3.05, 3.63) is 17.5 Å². The summed E-state index contributed by atoms with van der Waals surface area (Å²) < 4.78 is 100. The third-order valence-electron chi connectivity index (χ3n) is 1.91. The summed E-state index contributed by atoms with van der Waals surface area (Å²) in [6.07, 6.45) is -10.5. The zero-order valence-electron chi connectivity index (χ0n) is 9.39. The Morgan fingerprint density at radius 1 is 1.24 bits per heavy atom. The Morgan fingerprint density at radius 3 is 2.10 bits per heavy atom. The monoisotopic (exact) mass is 421 g/mol. The number of rotatable bonds is 3. The second-order valence-corrected chi connectivity index (χ2v) is 6.49. The highest BCUT2D eigenvalue weighted by Crippen LogP contribution is 2.38. The molecule has 0 aliphatic heterocycles. The number of nitrogens with zero attached hydrogens (tertiary/aromatic N) is 1. The molecule has 0 unspecified atom stereocenters. The summed E-state index contributed by atoms with van der Waals surface area (Å²) in [5.41, 5.74) is -2.72. The quantitative estimate of drug-likeness (QED) is 0.422. The summed E-state index contributed by atoms with van der Waals surface area (Å²) in [5, 5.41) is -0.538. The SMILES string of the molecule is O=S(=O)(Cl)c1cc(OC(F)(F)F)c(CBr)nc1C(F)(F)F. The number of hydrogen-bond donors (Lipinski definition) is 0. The van der Waals surface area contributed by atoms with Crippen LogP contribution in [0.3, 0.4) is 0 Å². The molecule has 1 aromatic heterocycles. The van der Waals surface area contributed by atoms with Gasteiger partial charge in [0.1, 0.15) is 4.90 Å². The van der Waals surface area contributed by atoms with Crippen LogP contribution < -0.4 is 4.74 Å². The van der Waals surface area contributed by atoms with E-state index in [0.29, 0.717) is 0 Å². The fourth-order valence-corrected chi connectivity index (χ4v) is 2.61. The fourth-order valence-electron chi connectivity index (χ4n) is 1.21. The Balaban J connectivity index is 3.65. The number of hydrogen-bond acceptors (Lipinski definition) is 4. The van der Waals surface area contributed by atoms with Crippen LogP contribution in [-0.2, 0) is 20.6 Å². The van der Waals surface area contributed by atoms with E-state index in [4.69, 9.17) is 10.7 Å². The van der Waals surface area contributed by atoms with Gasteiger partial charge in [-0.25, -0.2) is 13.4 Å². The van der Waals surface area contributed by atoms with Gasteiger partial charge in [0.2, 0.25) is 0 Å². The lowest BCUT2D eigenvalue weighted by Crippen LogP contribution is -2.21. The predicted molar refractivity (Wildman–Crippen MR) is 61.6 cm³/mol. The van der Waals surface area contributed by atoms with E-state index in [0.717, 1.165) is 0 Å². The first kappa shape index (κ1) is 18.3. The number of ether oxygens (including phenoxy) is 1. The molecule has 0 bridgehead atoms. The lowest BCUT2D eigenvalue weighted by molar-refractivity contribution is -0.275. The third kappa shape index (κ3) is 4.88. The molecule has 0 saturated heterocycles. The van der Waals surface area contributed by atoms with Crippen molar-refractivity contribution in [1.29, 1.82) is 0 Å². The molecule has 120 valence electrons. The van der Waals surface area contributed by atoms with E-state index in [-0.39, 0.29) is 6.07 Å². The minimum Gasteiger partial charge on any atom is -0.404 e. The van der Waals surface area contributed by atoms with Crippen LogP contribution in [0, 0.1) is 0 Å². The number of pyridine rings is 1. The molecule has 13 heteroatoms. The van der Waals surface area contributed by atoms with Crippen LogP contribution in [0.4, 0.5) is 26.3 Å². The van der Waals surface area contributed by atoms with Crippen molar-refractivity contribution < 1.29 is 39.5 Å². The van der Waals surface area contributed by atoms with Crippen LogP contribution in [-0.4, -0.2) is 19.8 Å². The fraction of sp³-hybridized carbons (Fsp3) is 0.375. The van der Waals surface area contributed by atoms with Gasteiger partial charge in [-0.2, -0.15) is 13.2 Å². The molecule has 1 heterocycles. The Labute approximate surface area is 126 Å². The van der Waals surface area contributed by atoms with Gasteiger partial charge in [0.25, 0.3) is 9.05 Å². The maximum atomic E-state index is 12.7. The number of alkyl halides is 7. The first-order chi connectivity index (χ1) is 9.25. The molecule has 0 aliphatic rings. The topological polar surface area (TPSA) is 56.3 Å². The van der Waals surface area contributed by atoms with Crippen LogP contribution in [0.5, 0.6) is 5.75 Å². The van der Waals surface area contributed by atoms with Gasteiger partial charge in [0.15, 0.2) is 11.4 Å². The molecule has 4 nitrogen and oxygen atoms in total. The average molecular weight is 423 g/mol. The zero-order valence-corrected chi connectivity index (χ0v) is 12.5. The highest BCUT2D eigenvalue weighted by atomic mass is 79.9. The van der Waals surface area contributed by atoms with E-state index in [1.807, 2.05) is 0 Å². The maximum absolute atomic E-state index is 12.7. The summed E-state index contributed by atoms with van der Waals surface area (Å²) in [6.45, 7) is 0. The molecule has 0 atom stereocenters. The molecule has 0 spiro atoms. The lowest BCUT2D eigenvalue weighted by atomic mass is 10.3. The van der Waals surface area contributed by atoms with E-state index < -0.39 is 49.0 Å². The van der Waals surface area contributed by atoms with Crippen molar-refractivity contribution in [3.63, 3.8) is 0 Å². The molecule has 0 N–H and O–H groups in total. The standard InChI is InChI=1S/C8H3BrClF6NO3S/c9-2-3-4(20-8(14,15)16)1-5(21(10,18)19)6(17-3)7(11,12)13/h1H,2H2. The van der Waals surface area contributed by atoms with Crippen LogP contribution >= 0.6 is 26.6 Å². The zero-order chi connectivity index (χ0) is 16.6. The molecule has 21 heavy (non-hydrogen) atoms. The predicted octanol–water partition coefficient (Wildman–Crippen LogP) is 3.82. The minimum absolute atomic E-state index is 0.0300. The van der Waals surface area contributed by atoms with Gasteiger partial charge in [-0.05, 0) is 0 Å². The van der Waals surface area contributed by atoms with Crippen LogP contribution in [0.25, 0.3) is 0 Å². The summed E-state index contributed by atoms with van der Waals surface area (Å²) in [5.74, 6) is -1.20. The number of halogens is 8. The second kappa shape index (κ2) is 5.80. The molecule has 0 radical (unpaired) electrons. The largest absolute Gasteiger partial charge is 0.573 e. The minimum atomic E-state index is -5.24. The van der Waals surface area contributed by atoms with Gasteiger partial charge in [-0.3, -0.25) is 0 Å². The molecule has 1 rings (SSSR count). The van der Waals surface area contributed by atoms with Gasteiger partial charge < -0.3 is 4.74 Å². The van der Waals surface area contributed by atoms with Gasteiger partial charge in [0.05, 0.1) is 5.69 Å². The van der Waals surface area contributed by atoms with Gasteiger partial charge >= 0.3 is 12.5 Å². The van der Waals surface area contributed by atoms with E-state index in [1.165, 1.54) is 0 Å². The molecule has 0 fully saturated rings. The Hall–Kier alpha value is -0.750. The smallest absolute Gasteiger partial charge is 0.404 e. The molecular weight excluding hydrogens is 420 g/mol. The Morgan fingerprint density at radius 2 is 1.76 bits per heavy atom. The van der Waals surface area contributed by atoms with Crippen molar-refractivity contribution in [2.75, 3.05) is 0 Å². The first-order valence-electron chi connectivity index (χ1n) is 4.63. The van der Waals surface area contributed by atoms with Crippen LogP contribution in [0.15, 0.2) is 11.0 Å². The van der Waals surface area contributed by atoms with Crippen molar-refractivity contribution in [3.8, 4) is 5.75 Å². The maximum Gasteiger partial charge on any atom is 0.573 e. The normalized spacial score (nSPS) is 13.3. The van der Waals surface area contributed by atoms with Crippen molar-refractivity contribution in [2.24, 2.45) is 0 Å². The van der Waals surface area contributed by atoms with Gasteiger partial charge in [-0.15, -0.1) is 13.2 Å². The van der Waals surface area contributed by atoms with E-state index in [1.54, 1.807) is 0 Å². The second-order valence-electron chi connectivity index (χ2n) is 3.40. The molecule has 0 amide bonds. The Kier molecular flexibility index (Phi) is 5.05. The molecule has 0 aromatic carbocycles. The van der Waals surface area contributed by atoms with E-state index in [2.05, 4.69) is 25.7 Å². The highest BCUT2D eigenvalue weighted by Gasteiger charge is 2.41.